The quantitative estimate of drug-likeness (QED) is 0.596. The Morgan fingerprint density at radius 2 is 2.06 bits per heavy atom. The van der Waals surface area contributed by atoms with E-state index < -0.39 is 0 Å². The number of aryl methyl sites for hydroxylation is 1. The molecule has 2 heterocycles. The van der Waals surface area contributed by atoms with E-state index in [1.54, 1.807) is 4.52 Å². The number of nitrogens with one attached hydrogen (secondary N) is 1. The van der Waals surface area contributed by atoms with E-state index >= 15 is 0 Å². The molecule has 2 aromatic rings. The fraction of sp³-hybridized carbons (Fsp3) is 0.455. The maximum Gasteiger partial charge on any atom is 0.157 e. The first kappa shape index (κ1) is 10.9. The fourth-order valence-corrected chi connectivity index (χ4v) is 1.67. The first-order valence-corrected chi connectivity index (χ1v) is 5.38. The van der Waals surface area contributed by atoms with Gasteiger partial charge in [-0.3, -0.25) is 0 Å². The topological polar surface area (TPSA) is 68.2 Å². The van der Waals surface area contributed by atoms with E-state index in [2.05, 4.69) is 29.4 Å². The normalized spacial score (nSPS) is 11.4. The molecule has 0 aliphatic rings. The number of rotatable bonds is 2. The Labute approximate surface area is 94.6 Å². The summed E-state index contributed by atoms with van der Waals surface area (Å²) in [5, 5.41) is 4.50. The van der Waals surface area contributed by atoms with Crippen LogP contribution in [0.25, 0.3) is 5.65 Å². The molecule has 0 radical (unpaired) electrons. The van der Waals surface area contributed by atoms with Crippen molar-refractivity contribution >= 4 is 11.5 Å². The second-order valence-corrected chi connectivity index (χ2v) is 4.31. The third-order valence-corrected chi connectivity index (χ3v) is 2.83. The Morgan fingerprint density at radius 1 is 1.38 bits per heavy atom. The van der Waals surface area contributed by atoms with Crippen molar-refractivity contribution in [2.45, 2.75) is 33.6 Å². The van der Waals surface area contributed by atoms with Crippen molar-refractivity contribution in [3.8, 4) is 0 Å². The zero-order valence-electron chi connectivity index (χ0n) is 10.1. The van der Waals surface area contributed by atoms with Gasteiger partial charge >= 0.3 is 0 Å². The van der Waals surface area contributed by atoms with Crippen LogP contribution < -0.4 is 11.3 Å². The number of nitrogens with two attached hydrogens (primary N) is 1. The Hall–Kier alpha value is -1.62. The van der Waals surface area contributed by atoms with Gasteiger partial charge in [0.2, 0.25) is 0 Å². The number of hydrazine groups is 1. The summed E-state index contributed by atoms with van der Waals surface area (Å²) in [7, 11) is 0. The molecule has 3 N–H and O–H groups in total. The highest BCUT2D eigenvalue weighted by Gasteiger charge is 2.12. The molecule has 5 heteroatoms. The van der Waals surface area contributed by atoms with Gasteiger partial charge in [-0.25, -0.2) is 10.8 Å². The highest BCUT2D eigenvalue weighted by Crippen LogP contribution is 2.21. The van der Waals surface area contributed by atoms with E-state index in [4.69, 9.17) is 5.84 Å². The molecule has 0 unspecified atom stereocenters. The summed E-state index contributed by atoms with van der Waals surface area (Å²) in [4.78, 5) is 4.49. The SMILES string of the molecule is Cc1nc2cc(C(C)C)nn2c(NN)c1C. The molecular weight excluding hydrogens is 202 g/mol. The first-order chi connectivity index (χ1) is 7.54. The van der Waals surface area contributed by atoms with Crippen molar-refractivity contribution in [2.75, 3.05) is 5.43 Å². The summed E-state index contributed by atoms with van der Waals surface area (Å²) < 4.78 is 1.76. The van der Waals surface area contributed by atoms with Gasteiger partial charge in [0, 0.05) is 17.3 Å². The Morgan fingerprint density at radius 3 is 2.62 bits per heavy atom. The van der Waals surface area contributed by atoms with Crippen molar-refractivity contribution in [3.63, 3.8) is 0 Å². The van der Waals surface area contributed by atoms with Crippen molar-refractivity contribution in [1.82, 2.24) is 14.6 Å². The molecule has 0 saturated heterocycles. The van der Waals surface area contributed by atoms with Crippen LogP contribution in [0.1, 0.15) is 36.7 Å². The van der Waals surface area contributed by atoms with Crippen LogP contribution in [0.3, 0.4) is 0 Å². The van der Waals surface area contributed by atoms with Crippen LogP contribution in [0, 0.1) is 13.8 Å². The van der Waals surface area contributed by atoms with Crippen molar-refractivity contribution in [2.24, 2.45) is 5.84 Å². The standard InChI is InChI=1S/C11H17N5/c1-6(2)9-5-10-13-8(4)7(3)11(14-12)16(10)15-9/h5-6,14H,12H2,1-4H3. The predicted octanol–water partition coefficient (Wildman–Crippen LogP) is 1.76. The molecule has 0 atom stereocenters. The number of aromatic nitrogens is 3. The molecule has 0 aromatic carbocycles. The van der Waals surface area contributed by atoms with Gasteiger partial charge in [0.1, 0.15) is 5.82 Å². The maximum absolute atomic E-state index is 5.53. The maximum atomic E-state index is 5.53. The van der Waals surface area contributed by atoms with Gasteiger partial charge in [-0.15, -0.1) is 0 Å². The smallest absolute Gasteiger partial charge is 0.157 e. The second-order valence-electron chi connectivity index (χ2n) is 4.31. The van der Waals surface area contributed by atoms with Crippen LogP contribution in [0.2, 0.25) is 0 Å². The molecule has 16 heavy (non-hydrogen) atoms. The number of fused-ring (bicyclic) bond motifs is 1. The number of hydrogen-bond acceptors (Lipinski definition) is 4. The summed E-state index contributed by atoms with van der Waals surface area (Å²) in [6, 6.07) is 2.00. The third kappa shape index (κ3) is 1.53. The molecule has 0 aliphatic carbocycles. The van der Waals surface area contributed by atoms with Gasteiger partial charge < -0.3 is 5.43 Å². The van der Waals surface area contributed by atoms with Crippen molar-refractivity contribution < 1.29 is 0 Å². The van der Waals surface area contributed by atoms with Gasteiger partial charge in [0.15, 0.2) is 5.65 Å². The largest absolute Gasteiger partial charge is 0.308 e. The minimum absolute atomic E-state index is 0.382. The minimum Gasteiger partial charge on any atom is -0.308 e. The summed E-state index contributed by atoms with van der Waals surface area (Å²) in [6.45, 7) is 8.17. The third-order valence-electron chi connectivity index (χ3n) is 2.83. The molecule has 5 nitrogen and oxygen atoms in total. The van der Waals surface area contributed by atoms with E-state index in [-0.39, 0.29) is 0 Å². The lowest BCUT2D eigenvalue weighted by Crippen LogP contribution is -2.14. The van der Waals surface area contributed by atoms with E-state index in [0.717, 1.165) is 28.4 Å². The molecule has 86 valence electrons. The molecule has 2 rings (SSSR count). The molecule has 0 fully saturated rings. The van der Waals surface area contributed by atoms with Crippen LogP contribution >= 0.6 is 0 Å². The lowest BCUT2D eigenvalue weighted by molar-refractivity contribution is 0.785. The van der Waals surface area contributed by atoms with Crippen LogP contribution in [0.15, 0.2) is 6.07 Å². The highest BCUT2D eigenvalue weighted by molar-refractivity contribution is 5.55. The molecule has 0 saturated carbocycles. The summed E-state index contributed by atoms with van der Waals surface area (Å²) in [5.74, 6) is 6.72. The Balaban J connectivity index is 2.76. The van der Waals surface area contributed by atoms with Gasteiger partial charge in [0.05, 0.1) is 5.69 Å². The fourth-order valence-electron chi connectivity index (χ4n) is 1.67. The van der Waals surface area contributed by atoms with E-state index in [1.807, 2.05) is 19.9 Å². The number of anilines is 1. The monoisotopic (exact) mass is 219 g/mol. The zero-order chi connectivity index (χ0) is 11.9. The van der Waals surface area contributed by atoms with Gasteiger partial charge in [0.25, 0.3) is 0 Å². The Bertz CT molecular complexity index is 527. The summed E-state index contributed by atoms with van der Waals surface area (Å²) >= 11 is 0. The van der Waals surface area contributed by atoms with E-state index in [9.17, 15) is 0 Å². The summed E-state index contributed by atoms with van der Waals surface area (Å²) in [5.41, 5.74) is 6.54. The molecule has 0 bridgehead atoms. The summed E-state index contributed by atoms with van der Waals surface area (Å²) in [6.07, 6.45) is 0. The highest BCUT2D eigenvalue weighted by atomic mass is 15.4. The van der Waals surface area contributed by atoms with Gasteiger partial charge in [-0.2, -0.15) is 9.61 Å². The number of hydrogen-bond donors (Lipinski definition) is 2. The lowest BCUT2D eigenvalue weighted by atomic mass is 10.1. The first-order valence-electron chi connectivity index (χ1n) is 5.38. The lowest BCUT2D eigenvalue weighted by Gasteiger charge is -2.09. The van der Waals surface area contributed by atoms with Crippen LogP contribution in [0.4, 0.5) is 5.82 Å². The molecule has 0 spiro atoms. The number of nitrogens with zero attached hydrogens (tertiary/aromatic N) is 3. The van der Waals surface area contributed by atoms with Crippen LogP contribution in [-0.4, -0.2) is 14.6 Å². The predicted molar refractivity (Wildman–Crippen MR) is 64.4 cm³/mol. The second kappa shape index (κ2) is 3.75. The van der Waals surface area contributed by atoms with Crippen LogP contribution in [0.5, 0.6) is 0 Å². The molecule has 0 amide bonds. The van der Waals surface area contributed by atoms with Crippen molar-refractivity contribution in [3.05, 3.63) is 23.0 Å². The van der Waals surface area contributed by atoms with Gasteiger partial charge in [-0.05, 0) is 19.8 Å². The Kier molecular flexibility index (Phi) is 2.55. The molecule has 0 aliphatic heterocycles. The molecular formula is C11H17N5. The van der Waals surface area contributed by atoms with Crippen molar-refractivity contribution in [1.29, 1.82) is 0 Å². The minimum atomic E-state index is 0.382. The average Bonchev–Trinajstić information content (AvgIpc) is 2.63. The number of nitrogen functional groups attached to an aromatic ring is 1. The van der Waals surface area contributed by atoms with E-state index in [1.165, 1.54) is 0 Å². The average molecular weight is 219 g/mol. The zero-order valence-corrected chi connectivity index (χ0v) is 10.1. The van der Waals surface area contributed by atoms with Gasteiger partial charge in [-0.1, -0.05) is 13.8 Å². The van der Waals surface area contributed by atoms with E-state index in [0.29, 0.717) is 5.92 Å². The molecule has 2 aromatic heterocycles. The van der Waals surface area contributed by atoms with Crippen LogP contribution in [-0.2, 0) is 0 Å².